The molecule has 21 heavy (non-hydrogen) atoms. The van der Waals surface area contributed by atoms with Crippen molar-refractivity contribution in [1.29, 1.82) is 0 Å². The van der Waals surface area contributed by atoms with Crippen LogP contribution in [0.3, 0.4) is 0 Å². The smallest absolute Gasteiger partial charge is 0.246 e. The Balaban J connectivity index is 3.30. The first-order valence-corrected chi connectivity index (χ1v) is 8.77. The molecular weight excluding hydrogens is 286 g/mol. The SMILES string of the molecule is COc1ccc(C)cc1S(=O)(=O)N(CC(C)C)CC(C)C. The molecule has 120 valence electrons. The molecule has 0 aliphatic carbocycles. The number of nitrogens with zero attached hydrogens (tertiary/aromatic N) is 1. The third-order valence-electron chi connectivity index (χ3n) is 3.07. The minimum atomic E-state index is -3.55. The summed E-state index contributed by atoms with van der Waals surface area (Å²) >= 11 is 0. The number of methoxy groups -OCH3 is 1. The molecule has 0 heterocycles. The molecular formula is C16H27NO3S. The van der Waals surface area contributed by atoms with Crippen molar-refractivity contribution in [1.82, 2.24) is 4.31 Å². The summed E-state index contributed by atoms with van der Waals surface area (Å²) < 4.78 is 32.8. The van der Waals surface area contributed by atoms with Crippen LogP contribution in [0, 0.1) is 18.8 Å². The fourth-order valence-corrected chi connectivity index (χ4v) is 4.22. The van der Waals surface area contributed by atoms with E-state index in [1.807, 2.05) is 40.7 Å². The monoisotopic (exact) mass is 313 g/mol. The van der Waals surface area contributed by atoms with Crippen LogP contribution in [-0.4, -0.2) is 32.9 Å². The van der Waals surface area contributed by atoms with E-state index in [4.69, 9.17) is 4.74 Å². The van der Waals surface area contributed by atoms with Gasteiger partial charge in [-0.2, -0.15) is 4.31 Å². The van der Waals surface area contributed by atoms with Gasteiger partial charge in [-0.25, -0.2) is 8.42 Å². The molecule has 0 aliphatic rings. The maximum Gasteiger partial charge on any atom is 0.246 e. The first-order chi connectivity index (χ1) is 9.68. The second kappa shape index (κ2) is 7.27. The largest absolute Gasteiger partial charge is 0.495 e. The molecule has 1 aromatic rings. The predicted octanol–water partition coefficient (Wildman–Crippen LogP) is 3.31. The normalized spacial score (nSPS) is 12.4. The number of rotatable bonds is 7. The minimum absolute atomic E-state index is 0.256. The Morgan fingerprint density at radius 1 is 1.10 bits per heavy atom. The molecule has 1 aromatic carbocycles. The first kappa shape index (κ1) is 18.0. The van der Waals surface area contributed by atoms with Crippen molar-refractivity contribution in [3.63, 3.8) is 0 Å². The van der Waals surface area contributed by atoms with Gasteiger partial charge in [0.1, 0.15) is 10.6 Å². The predicted molar refractivity (Wildman–Crippen MR) is 86.2 cm³/mol. The standard InChI is InChI=1S/C16H27NO3S/c1-12(2)10-17(11-13(3)4)21(18,19)16-9-14(5)7-8-15(16)20-6/h7-9,12-13H,10-11H2,1-6H3. The highest BCUT2D eigenvalue weighted by Crippen LogP contribution is 2.28. The summed E-state index contributed by atoms with van der Waals surface area (Å²) in [6.07, 6.45) is 0. The van der Waals surface area contributed by atoms with Crippen LogP contribution < -0.4 is 4.74 Å². The number of sulfonamides is 1. The zero-order chi connectivity index (χ0) is 16.2. The highest BCUT2D eigenvalue weighted by Gasteiger charge is 2.28. The van der Waals surface area contributed by atoms with Gasteiger partial charge in [0.05, 0.1) is 7.11 Å². The molecule has 0 aliphatic heterocycles. The molecule has 1 rings (SSSR count). The summed E-state index contributed by atoms with van der Waals surface area (Å²) in [6, 6.07) is 5.25. The lowest BCUT2D eigenvalue weighted by molar-refractivity contribution is 0.330. The molecule has 0 spiro atoms. The van der Waals surface area contributed by atoms with Gasteiger partial charge in [0.2, 0.25) is 10.0 Å². The van der Waals surface area contributed by atoms with Crippen LogP contribution >= 0.6 is 0 Å². The molecule has 5 heteroatoms. The van der Waals surface area contributed by atoms with E-state index in [-0.39, 0.29) is 16.7 Å². The van der Waals surface area contributed by atoms with Crippen LogP contribution in [0.15, 0.2) is 23.1 Å². The van der Waals surface area contributed by atoms with E-state index in [2.05, 4.69) is 0 Å². The van der Waals surface area contributed by atoms with Crippen LogP contribution in [0.2, 0.25) is 0 Å². The maximum absolute atomic E-state index is 13.0. The van der Waals surface area contributed by atoms with Gasteiger partial charge in [0.25, 0.3) is 0 Å². The molecule has 0 bridgehead atoms. The summed E-state index contributed by atoms with van der Waals surface area (Å²) in [6.45, 7) is 11.0. The molecule has 0 atom stereocenters. The van der Waals surface area contributed by atoms with Crippen LogP contribution in [0.25, 0.3) is 0 Å². The van der Waals surface area contributed by atoms with Crippen LogP contribution in [0.1, 0.15) is 33.3 Å². The second-order valence-electron chi connectivity index (χ2n) is 6.26. The maximum atomic E-state index is 13.0. The van der Waals surface area contributed by atoms with E-state index in [1.165, 1.54) is 7.11 Å². The molecule has 0 radical (unpaired) electrons. The third kappa shape index (κ3) is 4.71. The van der Waals surface area contributed by atoms with E-state index in [0.717, 1.165) is 5.56 Å². The Bertz CT molecular complexity index is 555. The number of aryl methyl sites for hydroxylation is 1. The Morgan fingerprint density at radius 2 is 1.62 bits per heavy atom. The van der Waals surface area contributed by atoms with Gasteiger partial charge in [-0.05, 0) is 36.5 Å². The van der Waals surface area contributed by atoms with Crippen molar-refractivity contribution >= 4 is 10.0 Å². The van der Waals surface area contributed by atoms with E-state index in [0.29, 0.717) is 18.8 Å². The Morgan fingerprint density at radius 3 is 2.05 bits per heavy atom. The average molecular weight is 313 g/mol. The molecule has 0 saturated carbocycles. The van der Waals surface area contributed by atoms with Gasteiger partial charge >= 0.3 is 0 Å². The van der Waals surface area contributed by atoms with Crippen LogP contribution in [-0.2, 0) is 10.0 Å². The quantitative estimate of drug-likeness (QED) is 0.776. The molecule has 0 amide bonds. The molecule has 0 unspecified atom stereocenters. The summed E-state index contributed by atoms with van der Waals surface area (Å²) in [7, 11) is -2.05. The molecule has 0 aromatic heterocycles. The van der Waals surface area contributed by atoms with Gasteiger partial charge in [-0.3, -0.25) is 0 Å². The van der Waals surface area contributed by atoms with Crippen molar-refractivity contribution in [2.75, 3.05) is 20.2 Å². The van der Waals surface area contributed by atoms with Crippen molar-refractivity contribution in [3.05, 3.63) is 23.8 Å². The lowest BCUT2D eigenvalue weighted by atomic mass is 10.2. The number of ether oxygens (including phenoxy) is 1. The van der Waals surface area contributed by atoms with E-state index < -0.39 is 10.0 Å². The summed E-state index contributed by atoms with van der Waals surface area (Å²) in [5.74, 6) is 0.946. The van der Waals surface area contributed by atoms with Gasteiger partial charge < -0.3 is 4.74 Å². The summed E-state index contributed by atoms with van der Waals surface area (Å²) in [5.41, 5.74) is 0.906. The zero-order valence-corrected chi connectivity index (χ0v) is 14.7. The minimum Gasteiger partial charge on any atom is -0.495 e. The van der Waals surface area contributed by atoms with Gasteiger partial charge in [0, 0.05) is 13.1 Å². The highest BCUT2D eigenvalue weighted by atomic mass is 32.2. The van der Waals surface area contributed by atoms with Crippen molar-refractivity contribution in [2.45, 2.75) is 39.5 Å². The van der Waals surface area contributed by atoms with Gasteiger partial charge in [-0.15, -0.1) is 0 Å². The van der Waals surface area contributed by atoms with Crippen LogP contribution in [0.4, 0.5) is 0 Å². The average Bonchev–Trinajstić information content (AvgIpc) is 2.36. The number of hydrogen-bond donors (Lipinski definition) is 0. The van der Waals surface area contributed by atoms with Gasteiger partial charge in [-0.1, -0.05) is 33.8 Å². The summed E-state index contributed by atoms with van der Waals surface area (Å²) in [5, 5.41) is 0. The Hall–Kier alpha value is -1.07. The molecule has 0 saturated heterocycles. The Kier molecular flexibility index (Phi) is 6.23. The van der Waals surface area contributed by atoms with Crippen molar-refractivity contribution < 1.29 is 13.2 Å². The molecule has 0 fully saturated rings. The van der Waals surface area contributed by atoms with Crippen LogP contribution in [0.5, 0.6) is 5.75 Å². The lowest BCUT2D eigenvalue weighted by Crippen LogP contribution is -2.37. The molecule has 0 N–H and O–H groups in total. The topological polar surface area (TPSA) is 46.6 Å². The molecule has 4 nitrogen and oxygen atoms in total. The second-order valence-corrected chi connectivity index (χ2v) is 8.17. The summed E-state index contributed by atoms with van der Waals surface area (Å²) in [4.78, 5) is 0.256. The van der Waals surface area contributed by atoms with E-state index in [9.17, 15) is 8.42 Å². The number of benzene rings is 1. The third-order valence-corrected chi connectivity index (χ3v) is 4.93. The Labute approximate surface area is 129 Å². The first-order valence-electron chi connectivity index (χ1n) is 7.33. The fourth-order valence-electron chi connectivity index (χ4n) is 2.21. The fraction of sp³-hybridized carbons (Fsp3) is 0.625. The van der Waals surface area contributed by atoms with Crippen molar-refractivity contribution in [2.24, 2.45) is 11.8 Å². The number of hydrogen-bond acceptors (Lipinski definition) is 3. The van der Waals surface area contributed by atoms with Gasteiger partial charge in [0.15, 0.2) is 0 Å². The highest BCUT2D eigenvalue weighted by molar-refractivity contribution is 7.89. The lowest BCUT2D eigenvalue weighted by Gasteiger charge is -2.26. The zero-order valence-electron chi connectivity index (χ0n) is 13.9. The van der Waals surface area contributed by atoms with E-state index >= 15 is 0 Å². The van der Waals surface area contributed by atoms with E-state index in [1.54, 1.807) is 16.4 Å². The van der Waals surface area contributed by atoms with Crippen molar-refractivity contribution in [3.8, 4) is 5.75 Å².